The summed E-state index contributed by atoms with van der Waals surface area (Å²) in [6, 6.07) is 11.1. The van der Waals surface area contributed by atoms with E-state index in [1.54, 1.807) is 17.4 Å². The first-order valence-electron chi connectivity index (χ1n) is 11.1. The lowest BCUT2D eigenvalue weighted by Crippen LogP contribution is -2.31. The maximum absolute atomic E-state index is 12.8. The summed E-state index contributed by atoms with van der Waals surface area (Å²) in [5, 5.41) is 0.997. The van der Waals surface area contributed by atoms with Crippen LogP contribution in [-0.2, 0) is 10.0 Å². The number of anilines is 1. The first kappa shape index (κ1) is 24.1. The van der Waals surface area contributed by atoms with Crippen molar-refractivity contribution in [3.63, 3.8) is 0 Å². The van der Waals surface area contributed by atoms with Gasteiger partial charge in [0.1, 0.15) is 5.75 Å². The zero-order valence-corrected chi connectivity index (χ0v) is 20.5. The fraction of sp³-hybridized carbons (Fsp3) is 0.280. The Labute approximate surface area is 204 Å². The number of rotatable bonds is 9. The second kappa shape index (κ2) is 10.5. The smallest absolute Gasteiger partial charge is 0.343 e. The molecule has 7 nitrogen and oxygen atoms in total. The predicted octanol–water partition coefficient (Wildman–Crippen LogP) is 4.87. The average molecular weight is 498 g/mol. The molecule has 1 aromatic heterocycles. The number of sulfonamides is 1. The maximum atomic E-state index is 12.8. The third-order valence-electron chi connectivity index (χ3n) is 5.58. The molecule has 0 radical (unpaired) electrons. The highest BCUT2D eigenvalue weighted by molar-refractivity contribution is 7.89. The number of aromatic nitrogens is 1. The Morgan fingerprint density at radius 1 is 1.06 bits per heavy atom. The lowest BCUT2D eigenvalue weighted by atomic mass is 10.1. The number of thiazole rings is 1. The van der Waals surface area contributed by atoms with E-state index in [-0.39, 0.29) is 23.5 Å². The van der Waals surface area contributed by atoms with Crippen molar-refractivity contribution in [2.24, 2.45) is 0 Å². The molecule has 0 bridgehead atoms. The van der Waals surface area contributed by atoms with Gasteiger partial charge in [-0.1, -0.05) is 23.5 Å². The van der Waals surface area contributed by atoms with Crippen molar-refractivity contribution < 1.29 is 17.9 Å². The van der Waals surface area contributed by atoms with E-state index in [0.29, 0.717) is 5.75 Å². The molecule has 1 aliphatic heterocycles. The highest BCUT2D eigenvalue weighted by Crippen LogP contribution is 2.33. The number of carbonyl (C=O) groups excluding carboxylic acids is 1. The molecule has 0 spiro atoms. The summed E-state index contributed by atoms with van der Waals surface area (Å²) in [5.41, 5.74) is 1.14. The lowest BCUT2D eigenvalue weighted by Gasteiger charge is -2.25. The monoisotopic (exact) mass is 497 g/mol. The van der Waals surface area contributed by atoms with Crippen LogP contribution in [0.2, 0.25) is 0 Å². The largest absolute Gasteiger partial charge is 0.423 e. The molecule has 2 heterocycles. The molecule has 34 heavy (non-hydrogen) atoms. The molecular formula is C25H27N3O4S2. The molecule has 0 N–H and O–H groups in total. The van der Waals surface area contributed by atoms with Crippen molar-refractivity contribution in [3.8, 4) is 5.75 Å². The van der Waals surface area contributed by atoms with E-state index in [0.717, 1.165) is 28.4 Å². The van der Waals surface area contributed by atoms with Crippen LogP contribution in [0.5, 0.6) is 5.75 Å². The number of hydrogen-bond acceptors (Lipinski definition) is 7. The Hall–Kier alpha value is -3.01. The summed E-state index contributed by atoms with van der Waals surface area (Å²) in [5.74, 6) is -0.135. The molecule has 1 aliphatic rings. The Morgan fingerprint density at radius 3 is 2.38 bits per heavy atom. The molecule has 0 amide bonds. The van der Waals surface area contributed by atoms with Crippen LogP contribution in [-0.4, -0.2) is 49.9 Å². The van der Waals surface area contributed by atoms with Crippen LogP contribution >= 0.6 is 11.3 Å². The first-order chi connectivity index (χ1) is 16.4. The Bertz CT molecular complexity index is 1280. The average Bonchev–Trinajstić information content (AvgIpc) is 3.28. The van der Waals surface area contributed by atoms with Crippen LogP contribution < -0.4 is 9.64 Å². The van der Waals surface area contributed by atoms with Crippen molar-refractivity contribution in [1.82, 2.24) is 9.29 Å². The second-order valence-electron chi connectivity index (χ2n) is 7.99. The summed E-state index contributed by atoms with van der Waals surface area (Å²) in [6.45, 7) is 9.58. The van der Waals surface area contributed by atoms with Crippen LogP contribution in [0.1, 0.15) is 29.6 Å². The minimum Gasteiger partial charge on any atom is -0.423 e. The van der Waals surface area contributed by atoms with E-state index in [1.807, 2.05) is 12.1 Å². The van der Waals surface area contributed by atoms with Gasteiger partial charge >= 0.3 is 5.97 Å². The summed E-state index contributed by atoms with van der Waals surface area (Å²) in [6.07, 6.45) is 6.65. The molecule has 0 aliphatic carbocycles. The third-order valence-corrected chi connectivity index (χ3v) is 8.50. The predicted molar refractivity (Wildman–Crippen MR) is 136 cm³/mol. The number of hydrogen-bond donors (Lipinski definition) is 0. The van der Waals surface area contributed by atoms with E-state index < -0.39 is 16.0 Å². The van der Waals surface area contributed by atoms with Gasteiger partial charge < -0.3 is 9.64 Å². The van der Waals surface area contributed by atoms with E-state index in [9.17, 15) is 13.2 Å². The second-order valence-corrected chi connectivity index (χ2v) is 10.9. The van der Waals surface area contributed by atoms with Crippen LogP contribution in [0.4, 0.5) is 5.13 Å². The number of nitrogens with zero attached hydrogens (tertiary/aromatic N) is 3. The van der Waals surface area contributed by atoms with Crippen molar-refractivity contribution in [1.29, 1.82) is 0 Å². The van der Waals surface area contributed by atoms with E-state index in [2.05, 4.69) is 18.1 Å². The van der Waals surface area contributed by atoms with Gasteiger partial charge in [-0.3, -0.25) is 0 Å². The van der Waals surface area contributed by atoms with Gasteiger partial charge in [-0.15, -0.1) is 13.2 Å². The molecule has 178 valence electrons. The SMILES string of the molecule is C=CCN(CC=C)S(=O)(=O)c1ccc(C(=O)Oc2ccc3nc(N4CCCCC4)sc3c2)cc1. The summed E-state index contributed by atoms with van der Waals surface area (Å²) in [7, 11) is -3.73. The van der Waals surface area contributed by atoms with Crippen LogP contribution in [0, 0.1) is 0 Å². The third kappa shape index (κ3) is 5.22. The normalized spacial score (nSPS) is 14.3. The molecule has 0 unspecified atom stereocenters. The minimum absolute atomic E-state index is 0.0871. The van der Waals surface area contributed by atoms with Gasteiger partial charge in [0.05, 0.1) is 20.7 Å². The van der Waals surface area contributed by atoms with Crippen molar-refractivity contribution in [3.05, 3.63) is 73.3 Å². The van der Waals surface area contributed by atoms with E-state index >= 15 is 0 Å². The Morgan fingerprint density at radius 2 is 1.74 bits per heavy atom. The number of ether oxygens (including phenoxy) is 1. The lowest BCUT2D eigenvalue weighted by molar-refractivity contribution is 0.0735. The van der Waals surface area contributed by atoms with E-state index in [1.165, 1.54) is 60.0 Å². The van der Waals surface area contributed by atoms with Gasteiger partial charge in [-0.25, -0.2) is 18.2 Å². The summed E-state index contributed by atoms with van der Waals surface area (Å²) >= 11 is 1.59. The van der Waals surface area contributed by atoms with E-state index in [4.69, 9.17) is 9.72 Å². The van der Waals surface area contributed by atoms with Gasteiger partial charge in [0.2, 0.25) is 10.0 Å². The Kier molecular flexibility index (Phi) is 7.45. The number of carbonyl (C=O) groups is 1. The highest BCUT2D eigenvalue weighted by Gasteiger charge is 2.23. The molecule has 4 rings (SSSR count). The fourth-order valence-corrected chi connectivity index (χ4v) is 6.24. The standard InChI is InChI=1S/C25H27N3O4S2/c1-3-14-28(15-4-2)34(30,31)21-11-8-19(9-12-21)24(29)32-20-10-13-22-23(18-20)33-25(26-22)27-16-6-5-7-17-27/h3-4,8-13,18H,1-2,5-7,14-17H2. The Balaban J connectivity index is 1.48. The van der Waals surface area contributed by atoms with Gasteiger partial charge in [0.15, 0.2) is 5.13 Å². The summed E-state index contributed by atoms with van der Waals surface area (Å²) in [4.78, 5) is 19.8. The van der Waals surface area contributed by atoms with Crippen LogP contribution in [0.25, 0.3) is 10.2 Å². The highest BCUT2D eigenvalue weighted by atomic mass is 32.2. The molecule has 3 aromatic rings. The summed E-state index contributed by atoms with van der Waals surface area (Å²) < 4.78 is 33.4. The molecule has 9 heteroatoms. The molecule has 1 fully saturated rings. The topological polar surface area (TPSA) is 79.8 Å². The fourth-order valence-electron chi connectivity index (χ4n) is 3.81. The zero-order chi connectivity index (χ0) is 24.1. The minimum atomic E-state index is -3.73. The number of benzene rings is 2. The first-order valence-corrected chi connectivity index (χ1v) is 13.4. The van der Waals surface area contributed by atoms with Crippen molar-refractivity contribution in [2.75, 3.05) is 31.1 Å². The van der Waals surface area contributed by atoms with Crippen molar-refractivity contribution in [2.45, 2.75) is 24.2 Å². The maximum Gasteiger partial charge on any atom is 0.343 e. The van der Waals surface area contributed by atoms with Crippen LogP contribution in [0.15, 0.2) is 72.7 Å². The quantitative estimate of drug-likeness (QED) is 0.238. The van der Waals surface area contributed by atoms with Crippen LogP contribution in [0.3, 0.4) is 0 Å². The molecule has 1 saturated heterocycles. The molecule has 0 saturated carbocycles. The number of esters is 1. The number of fused-ring (bicyclic) bond motifs is 1. The van der Waals surface area contributed by atoms with Crippen molar-refractivity contribution >= 4 is 42.7 Å². The molecular weight excluding hydrogens is 470 g/mol. The van der Waals surface area contributed by atoms with Gasteiger partial charge in [-0.05, 0) is 55.7 Å². The van der Waals surface area contributed by atoms with Gasteiger partial charge in [-0.2, -0.15) is 4.31 Å². The van der Waals surface area contributed by atoms with Gasteiger partial charge in [0, 0.05) is 32.2 Å². The molecule has 0 atom stereocenters. The molecule has 2 aromatic carbocycles. The van der Waals surface area contributed by atoms with Gasteiger partial charge in [0.25, 0.3) is 0 Å². The number of piperidine rings is 1. The zero-order valence-electron chi connectivity index (χ0n) is 18.9.